The Labute approximate surface area is 183 Å². The predicted molar refractivity (Wildman–Crippen MR) is 124 cm³/mol. The summed E-state index contributed by atoms with van der Waals surface area (Å²) in [7, 11) is 0. The molecule has 0 bridgehead atoms. The number of para-hydroxylation sites is 1. The molecular weight excluding hydrogens is 388 g/mol. The zero-order chi connectivity index (χ0) is 21.6. The van der Waals surface area contributed by atoms with Gasteiger partial charge in [0.15, 0.2) is 5.82 Å². The number of unbranched alkanes of at least 4 members (excludes halogenated alkanes) is 1. The summed E-state index contributed by atoms with van der Waals surface area (Å²) in [6, 6.07) is 18.2. The van der Waals surface area contributed by atoms with Gasteiger partial charge in [0.05, 0.1) is 5.52 Å². The number of aliphatic hydroxyl groups is 1. The minimum absolute atomic E-state index is 0.0849. The van der Waals surface area contributed by atoms with Crippen molar-refractivity contribution >= 4 is 22.6 Å². The van der Waals surface area contributed by atoms with Crippen LogP contribution in [0.25, 0.3) is 22.3 Å². The lowest BCUT2D eigenvalue weighted by Crippen LogP contribution is -2.47. The molecule has 162 valence electrons. The van der Waals surface area contributed by atoms with Crippen LogP contribution in [0.3, 0.4) is 0 Å². The van der Waals surface area contributed by atoms with Gasteiger partial charge in [-0.25, -0.2) is 9.97 Å². The molecule has 6 heteroatoms. The molecule has 4 rings (SSSR count). The van der Waals surface area contributed by atoms with Gasteiger partial charge in [0, 0.05) is 30.1 Å². The van der Waals surface area contributed by atoms with Crippen LogP contribution in [0.1, 0.15) is 39.0 Å². The molecule has 3 aromatic rings. The molecule has 31 heavy (non-hydrogen) atoms. The maximum absolute atomic E-state index is 12.2. The number of carbonyl (C=O) groups is 1. The molecule has 1 fully saturated rings. The highest BCUT2D eigenvalue weighted by molar-refractivity contribution is 5.91. The van der Waals surface area contributed by atoms with Crippen LogP contribution in [-0.4, -0.2) is 46.2 Å². The molecule has 2 heterocycles. The summed E-state index contributed by atoms with van der Waals surface area (Å²) in [5.41, 5.74) is 1.93. The second-order valence-electron chi connectivity index (χ2n) is 8.18. The highest BCUT2D eigenvalue weighted by atomic mass is 16.3. The standard InChI is InChI=1S/C25H30N4O2/c1-2-3-13-22(30)25(31)26-19-14-16-29(17-15-19)24-20-11-7-8-12-21(20)27-23(28-24)18-9-5-4-6-10-18/h4-12,19,22,30H,2-3,13-17H2,1H3,(H,26,31). The Balaban J connectivity index is 1.49. The SMILES string of the molecule is CCCCC(O)C(=O)NC1CCN(c2nc(-c3ccccc3)nc3ccccc23)CC1. The van der Waals surface area contributed by atoms with Crippen molar-refractivity contribution in [3.8, 4) is 11.4 Å². The first-order chi connectivity index (χ1) is 15.2. The summed E-state index contributed by atoms with van der Waals surface area (Å²) >= 11 is 0. The lowest BCUT2D eigenvalue weighted by atomic mass is 10.0. The highest BCUT2D eigenvalue weighted by Crippen LogP contribution is 2.29. The van der Waals surface area contributed by atoms with Gasteiger partial charge >= 0.3 is 0 Å². The number of fused-ring (bicyclic) bond motifs is 1. The number of rotatable bonds is 7. The van der Waals surface area contributed by atoms with Crippen molar-refractivity contribution in [1.82, 2.24) is 15.3 Å². The Morgan fingerprint density at radius 3 is 2.55 bits per heavy atom. The van der Waals surface area contributed by atoms with Crippen molar-refractivity contribution in [3.63, 3.8) is 0 Å². The van der Waals surface area contributed by atoms with Crippen LogP contribution in [0.4, 0.5) is 5.82 Å². The molecule has 1 unspecified atom stereocenters. The van der Waals surface area contributed by atoms with Gasteiger partial charge in [-0.3, -0.25) is 4.79 Å². The van der Waals surface area contributed by atoms with Gasteiger partial charge in [-0.1, -0.05) is 62.2 Å². The summed E-state index contributed by atoms with van der Waals surface area (Å²) in [4.78, 5) is 24.2. The molecule has 1 aliphatic heterocycles. The quantitative estimate of drug-likeness (QED) is 0.608. The third-order valence-electron chi connectivity index (χ3n) is 5.89. The number of hydrogen-bond acceptors (Lipinski definition) is 5. The fourth-order valence-electron chi connectivity index (χ4n) is 4.08. The number of benzene rings is 2. The largest absolute Gasteiger partial charge is 0.383 e. The zero-order valence-corrected chi connectivity index (χ0v) is 18.0. The molecule has 2 aromatic carbocycles. The van der Waals surface area contributed by atoms with Crippen LogP contribution < -0.4 is 10.2 Å². The van der Waals surface area contributed by atoms with Gasteiger partial charge < -0.3 is 15.3 Å². The Hall–Kier alpha value is -2.99. The van der Waals surface area contributed by atoms with Crippen molar-refractivity contribution in [2.24, 2.45) is 0 Å². The highest BCUT2D eigenvalue weighted by Gasteiger charge is 2.25. The molecule has 0 radical (unpaired) electrons. The van der Waals surface area contributed by atoms with Crippen molar-refractivity contribution in [2.45, 2.75) is 51.2 Å². The average Bonchev–Trinajstić information content (AvgIpc) is 2.83. The van der Waals surface area contributed by atoms with E-state index in [-0.39, 0.29) is 11.9 Å². The molecule has 1 saturated heterocycles. The van der Waals surface area contributed by atoms with Gasteiger partial charge in [0.2, 0.25) is 5.91 Å². The smallest absolute Gasteiger partial charge is 0.249 e. The van der Waals surface area contributed by atoms with Crippen LogP contribution in [0, 0.1) is 0 Å². The van der Waals surface area contributed by atoms with Gasteiger partial charge in [0.25, 0.3) is 0 Å². The molecule has 0 aliphatic carbocycles. The molecule has 0 spiro atoms. The monoisotopic (exact) mass is 418 g/mol. The zero-order valence-electron chi connectivity index (χ0n) is 18.0. The first-order valence-electron chi connectivity index (χ1n) is 11.2. The van der Waals surface area contributed by atoms with E-state index >= 15 is 0 Å². The van der Waals surface area contributed by atoms with Gasteiger partial charge in [-0.2, -0.15) is 0 Å². The van der Waals surface area contributed by atoms with Crippen molar-refractivity contribution in [1.29, 1.82) is 0 Å². The second-order valence-corrected chi connectivity index (χ2v) is 8.18. The maximum atomic E-state index is 12.2. The van der Waals surface area contributed by atoms with Gasteiger partial charge in [-0.15, -0.1) is 0 Å². The van der Waals surface area contributed by atoms with E-state index in [2.05, 4.69) is 23.2 Å². The number of carbonyl (C=O) groups excluding carboxylic acids is 1. The Morgan fingerprint density at radius 1 is 1.10 bits per heavy atom. The Morgan fingerprint density at radius 2 is 1.81 bits per heavy atom. The number of nitrogens with zero attached hydrogens (tertiary/aromatic N) is 3. The minimum atomic E-state index is -0.905. The molecule has 1 aromatic heterocycles. The van der Waals surface area contributed by atoms with Gasteiger partial charge in [-0.05, 0) is 31.4 Å². The van der Waals surface area contributed by atoms with Crippen molar-refractivity contribution in [2.75, 3.05) is 18.0 Å². The average molecular weight is 419 g/mol. The van der Waals surface area contributed by atoms with Crippen LogP contribution in [0.2, 0.25) is 0 Å². The summed E-state index contributed by atoms with van der Waals surface area (Å²) < 4.78 is 0. The number of aromatic nitrogens is 2. The van der Waals surface area contributed by atoms with Gasteiger partial charge in [0.1, 0.15) is 11.9 Å². The molecule has 1 atom stereocenters. The van der Waals surface area contributed by atoms with Crippen LogP contribution in [0.5, 0.6) is 0 Å². The van der Waals surface area contributed by atoms with Crippen LogP contribution in [-0.2, 0) is 4.79 Å². The summed E-state index contributed by atoms with van der Waals surface area (Å²) in [6.45, 7) is 3.65. The second kappa shape index (κ2) is 9.88. The lowest BCUT2D eigenvalue weighted by Gasteiger charge is -2.34. The Bertz CT molecular complexity index is 1020. The first kappa shape index (κ1) is 21.2. The number of hydrogen-bond donors (Lipinski definition) is 2. The van der Waals surface area contributed by atoms with Crippen LogP contribution in [0.15, 0.2) is 54.6 Å². The minimum Gasteiger partial charge on any atom is -0.383 e. The van der Waals surface area contributed by atoms with E-state index in [1.165, 1.54) is 0 Å². The normalized spacial score (nSPS) is 15.7. The van der Waals surface area contributed by atoms with E-state index in [4.69, 9.17) is 9.97 Å². The molecule has 1 amide bonds. The predicted octanol–water partition coefficient (Wildman–Crippen LogP) is 3.93. The topological polar surface area (TPSA) is 78.4 Å². The summed E-state index contributed by atoms with van der Waals surface area (Å²) in [6.07, 6.45) is 3.10. The van der Waals surface area contributed by atoms with Crippen molar-refractivity contribution < 1.29 is 9.90 Å². The molecule has 6 nitrogen and oxygen atoms in total. The molecule has 1 aliphatic rings. The van der Waals surface area contributed by atoms with E-state index in [0.29, 0.717) is 6.42 Å². The number of anilines is 1. The Kier molecular flexibility index (Phi) is 6.77. The van der Waals surface area contributed by atoms with E-state index in [9.17, 15) is 9.90 Å². The fraction of sp³-hybridized carbons (Fsp3) is 0.400. The number of amides is 1. The van der Waals surface area contributed by atoms with E-state index in [1.54, 1.807) is 0 Å². The number of piperidine rings is 1. The van der Waals surface area contributed by atoms with E-state index in [1.807, 2.05) is 48.5 Å². The molecule has 0 saturated carbocycles. The lowest BCUT2D eigenvalue weighted by molar-refractivity contribution is -0.130. The van der Waals surface area contributed by atoms with Crippen LogP contribution >= 0.6 is 0 Å². The summed E-state index contributed by atoms with van der Waals surface area (Å²) in [5.74, 6) is 1.42. The van der Waals surface area contributed by atoms with E-state index in [0.717, 1.165) is 66.9 Å². The fourth-order valence-corrected chi connectivity index (χ4v) is 4.08. The maximum Gasteiger partial charge on any atom is 0.249 e. The first-order valence-corrected chi connectivity index (χ1v) is 11.2. The molecule has 2 N–H and O–H groups in total. The van der Waals surface area contributed by atoms with Crippen molar-refractivity contribution in [3.05, 3.63) is 54.6 Å². The third-order valence-corrected chi connectivity index (χ3v) is 5.89. The van der Waals surface area contributed by atoms with E-state index < -0.39 is 6.10 Å². The molecular formula is C25H30N4O2. The third kappa shape index (κ3) is 5.02. The summed E-state index contributed by atoms with van der Waals surface area (Å²) in [5, 5.41) is 14.1. The number of nitrogens with one attached hydrogen (secondary N) is 1. The number of aliphatic hydroxyl groups excluding tert-OH is 1.